The Bertz CT molecular complexity index is 1960. The van der Waals surface area contributed by atoms with Gasteiger partial charge in [0.15, 0.2) is 12.2 Å². The number of carbonyl (C=O) groups is 4. The zero-order valence-electron chi connectivity index (χ0n) is 66.4. The fraction of sp³-hybridized carbons (Fsp3) is 0.951. The minimum atomic E-state index is -4.96. The van der Waals surface area contributed by atoms with Gasteiger partial charge in [0, 0.05) is 25.7 Å². The van der Waals surface area contributed by atoms with Gasteiger partial charge in [-0.1, -0.05) is 376 Å². The fourth-order valence-corrected chi connectivity index (χ4v) is 14.2. The van der Waals surface area contributed by atoms with Gasteiger partial charge in [-0.15, -0.1) is 0 Å². The summed E-state index contributed by atoms with van der Waals surface area (Å²) in [4.78, 5) is 73.1. The molecule has 0 aliphatic heterocycles. The molecule has 19 heteroatoms. The Morgan fingerprint density at radius 3 is 0.673 bits per heavy atom. The molecule has 0 fully saturated rings. The highest BCUT2D eigenvalue weighted by molar-refractivity contribution is 7.47. The van der Waals surface area contributed by atoms with E-state index in [4.69, 9.17) is 37.0 Å². The molecule has 600 valence electrons. The highest BCUT2D eigenvalue weighted by atomic mass is 31.2. The fourth-order valence-electron chi connectivity index (χ4n) is 12.7. The summed E-state index contributed by atoms with van der Waals surface area (Å²) in [6.07, 6.45) is 60.9. The number of phosphoric acid groups is 2. The van der Waals surface area contributed by atoms with Gasteiger partial charge >= 0.3 is 39.5 Å². The van der Waals surface area contributed by atoms with Crippen molar-refractivity contribution in [3.05, 3.63) is 0 Å². The SMILES string of the molecule is CCCCCCCCCCCCCCCC(=O)OC[C@H](COP(=O)(O)OC[C@H](O)COP(=O)(O)OC[C@@H](COC(=O)CCCCCCCCCCCCCCCC(C)C)OC(=O)CCCCCCCCCCCCCCCCC(C)C)OC(=O)CCCCCCCCCCCCCCC(C)C. The Morgan fingerprint density at radius 1 is 0.267 bits per heavy atom. The molecule has 0 aromatic rings. The van der Waals surface area contributed by atoms with Crippen molar-refractivity contribution in [1.29, 1.82) is 0 Å². The number of rotatable bonds is 80. The molecule has 0 rings (SSSR count). The van der Waals surface area contributed by atoms with Gasteiger partial charge in [-0.2, -0.15) is 0 Å². The van der Waals surface area contributed by atoms with Gasteiger partial charge in [0.25, 0.3) is 0 Å². The monoisotopic (exact) mass is 1480 g/mol. The summed E-state index contributed by atoms with van der Waals surface area (Å²) in [7, 11) is -9.92. The normalized spacial score (nSPS) is 14.0. The van der Waals surface area contributed by atoms with E-state index in [2.05, 4.69) is 48.5 Å². The minimum Gasteiger partial charge on any atom is -0.462 e. The van der Waals surface area contributed by atoms with E-state index in [1.807, 2.05) is 0 Å². The summed E-state index contributed by atoms with van der Waals surface area (Å²) < 4.78 is 68.8. The summed E-state index contributed by atoms with van der Waals surface area (Å²) >= 11 is 0. The number of unbranched alkanes of at least 4 members (excludes halogenated alkanes) is 48. The average Bonchev–Trinajstić information content (AvgIpc) is 0.930. The predicted octanol–water partition coefficient (Wildman–Crippen LogP) is 24.5. The number of esters is 4. The van der Waals surface area contributed by atoms with Crippen LogP contribution < -0.4 is 0 Å². The molecule has 0 radical (unpaired) electrons. The summed E-state index contributed by atoms with van der Waals surface area (Å²) in [5.41, 5.74) is 0. The molecule has 17 nitrogen and oxygen atoms in total. The number of carbonyl (C=O) groups excluding carboxylic acids is 4. The van der Waals surface area contributed by atoms with E-state index in [-0.39, 0.29) is 25.7 Å². The molecule has 0 heterocycles. The minimum absolute atomic E-state index is 0.107. The van der Waals surface area contributed by atoms with Crippen LogP contribution in [0.15, 0.2) is 0 Å². The van der Waals surface area contributed by atoms with E-state index < -0.39 is 97.5 Å². The van der Waals surface area contributed by atoms with Crippen LogP contribution >= 0.6 is 15.6 Å². The number of hydrogen-bond donors (Lipinski definition) is 3. The van der Waals surface area contributed by atoms with Crippen LogP contribution in [0.5, 0.6) is 0 Å². The van der Waals surface area contributed by atoms with Crippen molar-refractivity contribution in [3.8, 4) is 0 Å². The van der Waals surface area contributed by atoms with Crippen molar-refractivity contribution in [3.63, 3.8) is 0 Å². The van der Waals surface area contributed by atoms with Crippen LogP contribution in [0.4, 0.5) is 0 Å². The van der Waals surface area contributed by atoms with Crippen molar-refractivity contribution in [2.75, 3.05) is 39.6 Å². The molecule has 0 bridgehead atoms. The first-order chi connectivity index (χ1) is 48.7. The van der Waals surface area contributed by atoms with Crippen LogP contribution in [-0.2, 0) is 65.4 Å². The van der Waals surface area contributed by atoms with Gasteiger partial charge in [-0.05, 0) is 43.4 Å². The van der Waals surface area contributed by atoms with E-state index in [1.165, 1.54) is 238 Å². The third kappa shape index (κ3) is 76.1. The molecular formula is C82H160O17P2. The molecule has 2 unspecified atom stereocenters. The van der Waals surface area contributed by atoms with Gasteiger partial charge < -0.3 is 33.8 Å². The summed E-state index contributed by atoms with van der Waals surface area (Å²) in [6.45, 7) is 12.0. The lowest BCUT2D eigenvalue weighted by molar-refractivity contribution is -0.161. The quantitative estimate of drug-likeness (QED) is 0.0222. The van der Waals surface area contributed by atoms with Crippen molar-refractivity contribution in [1.82, 2.24) is 0 Å². The molecule has 0 aliphatic rings. The summed E-state index contributed by atoms with van der Waals surface area (Å²) in [6, 6.07) is 0. The second-order valence-electron chi connectivity index (χ2n) is 30.9. The maximum Gasteiger partial charge on any atom is 0.472 e. The van der Waals surface area contributed by atoms with Crippen LogP contribution in [0.2, 0.25) is 0 Å². The van der Waals surface area contributed by atoms with E-state index >= 15 is 0 Å². The Balaban J connectivity index is 5.28. The van der Waals surface area contributed by atoms with E-state index in [9.17, 15) is 43.2 Å². The van der Waals surface area contributed by atoms with Gasteiger partial charge in [0.05, 0.1) is 26.4 Å². The molecule has 0 spiro atoms. The highest BCUT2D eigenvalue weighted by Gasteiger charge is 2.30. The maximum atomic E-state index is 13.1. The summed E-state index contributed by atoms with van der Waals surface area (Å²) in [5.74, 6) is 0.256. The zero-order chi connectivity index (χ0) is 74.4. The first-order valence-electron chi connectivity index (χ1n) is 42.3. The molecule has 0 saturated carbocycles. The Labute approximate surface area is 619 Å². The number of ether oxygens (including phenoxy) is 4. The lowest BCUT2D eigenvalue weighted by atomic mass is 10.0. The molecule has 0 saturated heterocycles. The maximum absolute atomic E-state index is 13.1. The Kier molecular flexibility index (Phi) is 70.9. The number of aliphatic hydroxyl groups is 1. The molecule has 0 aliphatic carbocycles. The standard InChI is InChI=1S/C82H160O17P2/c1-8-9-10-11-12-13-14-18-28-35-42-49-56-63-79(84)92-69-78(99-82(87)66-59-52-45-38-31-24-23-27-34-41-48-55-62-75(6)7)72-97-101(90,91)95-68-76(83)67-94-100(88,89)96-71-77(70-93-80(85)64-57-50-43-36-29-22-17-20-26-33-40-47-54-61-74(4)5)98-81(86)65-58-51-44-37-30-21-16-15-19-25-32-39-46-53-60-73(2)3/h73-78,83H,8-72H2,1-7H3,(H,88,89)(H,90,91)/t76-,77-,78-/m1/s1. The predicted molar refractivity (Wildman–Crippen MR) is 414 cm³/mol. The van der Waals surface area contributed by atoms with Crippen molar-refractivity contribution in [2.24, 2.45) is 17.8 Å². The lowest BCUT2D eigenvalue weighted by Gasteiger charge is -2.21. The molecular weight excluding hydrogens is 1320 g/mol. The topological polar surface area (TPSA) is 237 Å². The lowest BCUT2D eigenvalue weighted by Crippen LogP contribution is -2.30. The van der Waals surface area contributed by atoms with Crippen LogP contribution in [0, 0.1) is 17.8 Å². The largest absolute Gasteiger partial charge is 0.472 e. The van der Waals surface area contributed by atoms with Gasteiger partial charge in [-0.25, -0.2) is 9.13 Å². The second-order valence-corrected chi connectivity index (χ2v) is 33.8. The van der Waals surface area contributed by atoms with Crippen LogP contribution in [0.1, 0.15) is 427 Å². The Morgan fingerprint density at radius 2 is 0.455 bits per heavy atom. The molecule has 101 heavy (non-hydrogen) atoms. The van der Waals surface area contributed by atoms with E-state index in [0.717, 1.165) is 108 Å². The molecule has 3 N–H and O–H groups in total. The molecule has 0 aromatic heterocycles. The Hall–Kier alpha value is -1.94. The molecule has 0 amide bonds. The highest BCUT2D eigenvalue weighted by Crippen LogP contribution is 2.45. The zero-order valence-corrected chi connectivity index (χ0v) is 68.2. The second kappa shape index (κ2) is 72.3. The van der Waals surface area contributed by atoms with Crippen LogP contribution in [0.25, 0.3) is 0 Å². The first kappa shape index (κ1) is 99.1. The average molecular weight is 1480 g/mol. The number of aliphatic hydroxyl groups excluding tert-OH is 1. The van der Waals surface area contributed by atoms with Crippen LogP contribution in [0.3, 0.4) is 0 Å². The van der Waals surface area contributed by atoms with Crippen LogP contribution in [-0.4, -0.2) is 96.7 Å². The van der Waals surface area contributed by atoms with Gasteiger partial charge in [0.2, 0.25) is 0 Å². The van der Waals surface area contributed by atoms with Crippen molar-refractivity contribution < 1.29 is 80.2 Å². The summed E-state index contributed by atoms with van der Waals surface area (Å²) in [5, 5.41) is 10.7. The van der Waals surface area contributed by atoms with Gasteiger partial charge in [-0.3, -0.25) is 37.3 Å². The molecule has 0 aromatic carbocycles. The molecule has 5 atom stereocenters. The van der Waals surface area contributed by atoms with Crippen molar-refractivity contribution in [2.45, 2.75) is 446 Å². The number of hydrogen-bond acceptors (Lipinski definition) is 15. The van der Waals surface area contributed by atoms with Gasteiger partial charge in [0.1, 0.15) is 19.3 Å². The first-order valence-corrected chi connectivity index (χ1v) is 45.3. The smallest absolute Gasteiger partial charge is 0.462 e. The van der Waals surface area contributed by atoms with Crippen molar-refractivity contribution >= 4 is 39.5 Å². The third-order valence-corrected chi connectivity index (χ3v) is 21.0. The third-order valence-electron chi connectivity index (χ3n) is 19.1. The van der Waals surface area contributed by atoms with E-state index in [1.54, 1.807) is 0 Å². The van der Waals surface area contributed by atoms with E-state index in [0.29, 0.717) is 25.7 Å². The number of phosphoric ester groups is 2.